The predicted molar refractivity (Wildman–Crippen MR) is 92.6 cm³/mol. The molecule has 2 bridgehead atoms. The highest BCUT2D eigenvalue weighted by atomic mass is 16.4. The zero-order valence-electron chi connectivity index (χ0n) is 15.9. The van der Waals surface area contributed by atoms with Crippen molar-refractivity contribution >= 4 is 0 Å². The summed E-state index contributed by atoms with van der Waals surface area (Å²) in [6, 6.07) is 0. The molecule has 9 atom stereocenters. The zero-order valence-corrected chi connectivity index (χ0v) is 15.9. The van der Waals surface area contributed by atoms with E-state index in [-0.39, 0.29) is 17.3 Å². The molecule has 5 N–H and O–H groups in total. The maximum Gasteiger partial charge on any atom is 0.104 e. The van der Waals surface area contributed by atoms with E-state index in [0.29, 0.717) is 19.3 Å². The Morgan fingerprint density at radius 1 is 0.800 bits per heavy atom. The molecule has 0 amide bonds. The van der Waals surface area contributed by atoms with Crippen LogP contribution in [0.1, 0.15) is 66.2 Å². The van der Waals surface area contributed by atoms with E-state index >= 15 is 0 Å². The summed E-state index contributed by atoms with van der Waals surface area (Å²) in [5.74, 6) is -0.468. The summed E-state index contributed by atoms with van der Waals surface area (Å²) >= 11 is 0. The predicted octanol–water partition coefficient (Wildman–Crippen LogP) is 1.20. The lowest BCUT2D eigenvalue weighted by atomic mass is 9.59. The van der Waals surface area contributed by atoms with Crippen molar-refractivity contribution in [2.75, 3.05) is 0 Å². The van der Waals surface area contributed by atoms with Crippen molar-refractivity contribution in [1.29, 1.82) is 0 Å². The average molecular weight is 354 g/mol. The lowest BCUT2D eigenvalue weighted by Gasteiger charge is -2.49. The first-order valence-corrected chi connectivity index (χ1v) is 9.82. The van der Waals surface area contributed by atoms with E-state index in [0.717, 1.165) is 19.3 Å². The highest BCUT2D eigenvalue weighted by Crippen LogP contribution is 2.69. The molecule has 9 unspecified atom stereocenters. The van der Waals surface area contributed by atoms with Crippen LogP contribution in [0.5, 0.6) is 0 Å². The Labute approximate surface area is 150 Å². The van der Waals surface area contributed by atoms with Crippen molar-refractivity contribution in [3.8, 4) is 0 Å². The van der Waals surface area contributed by atoms with Gasteiger partial charge in [-0.3, -0.25) is 0 Å². The van der Waals surface area contributed by atoms with Crippen LogP contribution in [0.2, 0.25) is 0 Å². The summed E-state index contributed by atoms with van der Waals surface area (Å²) in [4.78, 5) is 0. The van der Waals surface area contributed by atoms with Crippen LogP contribution in [0.15, 0.2) is 0 Å². The van der Waals surface area contributed by atoms with Crippen molar-refractivity contribution in [2.24, 2.45) is 28.6 Å². The molecule has 4 fully saturated rings. The summed E-state index contributed by atoms with van der Waals surface area (Å²) in [5.41, 5.74) is -4.75. The van der Waals surface area contributed by atoms with E-state index < -0.39 is 40.3 Å². The molecule has 0 saturated heterocycles. The zero-order chi connectivity index (χ0) is 18.6. The Morgan fingerprint density at radius 3 is 2.08 bits per heavy atom. The minimum Gasteiger partial charge on any atom is -0.392 e. The molecule has 4 saturated carbocycles. The van der Waals surface area contributed by atoms with Gasteiger partial charge in [0.1, 0.15) is 5.60 Å². The lowest BCUT2D eigenvalue weighted by Crippen LogP contribution is -2.60. The molecule has 144 valence electrons. The molecule has 0 aromatic heterocycles. The molecule has 1 spiro atoms. The van der Waals surface area contributed by atoms with E-state index in [4.69, 9.17) is 0 Å². The molecule has 0 heterocycles. The smallest absolute Gasteiger partial charge is 0.104 e. The normalized spacial score (nSPS) is 63.0. The molecule has 5 heteroatoms. The van der Waals surface area contributed by atoms with Gasteiger partial charge < -0.3 is 25.5 Å². The Bertz CT molecular complexity index is 585. The van der Waals surface area contributed by atoms with Crippen molar-refractivity contribution in [2.45, 2.75) is 95.2 Å². The van der Waals surface area contributed by atoms with Crippen LogP contribution in [0.4, 0.5) is 0 Å². The molecule has 0 aromatic carbocycles. The largest absolute Gasteiger partial charge is 0.392 e. The third-order valence-electron chi connectivity index (χ3n) is 9.16. The van der Waals surface area contributed by atoms with E-state index in [1.807, 2.05) is 6.92 Å². The maximum atomic E-state index is 11.7. The first-order chi connectivity index (χ1) is 11.3. The highest BCUT2D eigenvalue weighted by Gasteiger charge is 2.74. The van der Waals surface area contributed by atoms with Crippen LogP contribution in [0.25, 0.3) is 0 Å². The number of aliphatic hydroxyl groups excluding tert-OH is 2. The minimum atomic E-state index is -1.54. The number of hydrogen-bond acceptors (Lipinski definition) is 5. The van der Waals surface area contributed by atoms with Gasteiger partial charge in [0.25, 0.3) is 0 Å². The second-order valence-corrected chi connectivity index (χ2v) is 10.7. The first-order valence-electron chi connectivity index (χ1n) is 9.82. The van der Waals surface area contributed by atoms with Crippen LogP contribution in [-0.2, 0) is 0 Å². The molecular weight excluding hydrogens is 320 g/mol. The summed E-state index contributed by atoms with van der Waals surface area (Å²) in [6.07, 6.45) is 1.91. The Morgan fingerprint density at radius 2 is 1.44 bits per heavy atom. The van der Waals surface area contributed by atoms with Gasteiger partial charge in [0.2, 0.25) is 0 Å². The topological polar surface area (TPSA) is 101 Å². The van der Waals surface area contributed by atoms with E-state index in [1.165, 1.54) is 0 Å². The van der Waals surface area contributed by atoms with E-state index in [1.54, 1.807) is 20.8 Å². The number of fused-ring (bicyclic) bond motifs is 2. The highest BCUT2D eigenvalue weighted by molar-refractivity contribution is 5.24. The van der Waals surface area contributed by atoms with Gasteiger partial charge in [0.05, 0.1) is 23.4 Å². The molecule has 0 aromatic rings. The van der Waals surface area contributed by atoms with Gasteiger partial charge in [-0.1, -0.05) is 13.8 Å². The van der Waals surface area contributed by atoms with Gasteiger partial charge in [-0.05, 0) is 69.6 Å². The third kappa shape index (κ3) is 1.97. The van der Waals surface area contributed by atoms with Crippen molar-refractivity contribution in [3.63, 3.8) is 0 Å². The summed E-state index contributed by atoms with van der Waals surface area (Å²) in [6.45, 7) is 7.24. The maximum absolute atomic E-state index is 11.7. The molecule has 0 aliphatic heterocycles. The van der Waals surface area contributed by atoms with E-state index in [2.05, 4.69) is 0 Å². The number of rotatable bonds is 0. The van der Waals surface area contributed by atoms with E-state index in [9.17, 15) is 25.5 Å². The fourth-order valence-electron chi connectivity index (χ4n) is 7.75. The number of hydrogen-bond donors (Lipinski definition) is 5. The van der Waals surface area contributed by atoms with Crippen LogP contribution in [0, 0.1) is 28.6 Å². The van der Waals surface area contributed by atoms with Crippen molar-refractivity contribution in [1.82, 2.24) is 0 Å². The SMILES string of the molecule is CC1(O)CC23CC1CCC2C(C)(O)C1CC(O)C(C)(C)C1(O)C(O)C3. The number of aliphatic hydroxyl groups is 5. The third-order valence-corrected chi connectivity index (χ3v) is 9.16. The molecule has 5 nitrogen and oxygen atoms in total. The molecule has 4 rings (SSSR count). The van der Waals surface area contributed by atoms with Crippen LogP contribution in [0.3, 0.4) is 0 Å². The molecule has 4 aliphatic rings. The second kappa shape index (κ2) is 4.79. The van der Waals surface area contributed by atoms with Gasteiger partial charge in [-0.15, -0.1) is 0 Å². The van der Waals surface area contributed by atoms with Gasteiger partial charge in [0, 0.05) is 11.3 Å². The molecule has 4 aliphatic carbocycles. The summed E-state index contributed by atoms with van der Waals surface area (Å²) < 4.78 is 0. The molecular formula is C20H34O5. The fourth-order valence-corrected chi connectivity index (χ4v) is 7.75. The summed E-state index contributed by atoms with van der Waals surface area (Å²) in [5, 5.41) is 56.0. The first kappa shape index (κ1) is 18.2. The van der Waals surface area contributed by atoms with Crippen molar-refractivity contribution in [3.05, 3.63) is 0 Å². The van der Waals surface area contributed by atoms with Crippen LogP contribution < -0.4 is 0 Å². The molecule has 25 heavy (non-hydrogen) atoms. The second-order valence-electron chi connectivity index (χ2n) is 10.7. The Kier molecular flexibility index (Phi) is 3.49. The van der Waals surface area contributed by atoms with Gasteiger partial charge in [-0.25, -0.2) is 0 Å². The Hall–Kier alpha value is -0.200. The fraction of sp³-hybridized carbons (Fsp3) is 1.00. The van der Waals surface area contributed by atoms with Gasteiger partial charge >= 0.3 is 0 Å². The minimum absolute atomic E-state index is 0.0833. The lowest BCUT2D eigenvalue weighted by molar-refractivity contribution is -0.200. The monoisotopic (exact) mass is 354 g/mol. The molecule has 0 radical (unpaired) electrons. The average Bonchev–Trinajstić information content (AvgIpc) is 2.77. The van der Waals surface area contributed by atoms with Crippen LogP contribution in [-0.4, -0.2) is 54.5 Å². The van der Waals surface area contributed by atoms with Crippen molar-refractivity contribution < 1.29 is 25.5 Å². The van der Waals surface area contributed by atoms with Gasteiger partial charge in [0.15, 0.2) is 0 Å². The Balaban J connectivity index is 1.86. The summed E-state index contributed by atoms with van der Waals surface area (Å²) in [7, 11) is 0. The van der Waals surface area contributed by atoms with Crippen LogP contribution >= 0.6 is 0 Å². The van der Waals surface area contributed by atoms with Gasteiger partial charge in [-0.2, -0.15) is 0 Å². The standard InChI is InChI=1S/C20H34O5/c1-16(2)14(21)7-13-18(4,24)12-6-5-11-8-19(12,10-17(11,3)23)9-15(22)20(13,16)25/h11-15,21-25H,5-10H2,1-4H3. The quantitative estimate of drug-likeness (QED) is 0.450.